The Morgan fingerprint density at radius 2 is 1.93 bits per heavy atom. The lowest BCUT2D eigenvalue weighted by molar-refractivity contribution is 0.122. The Morgan fingerprint density at radius 3 is 2.40 bits per heavy atom. The van der Waals surface area contributed by atoms with Crippen LogP contribution in [0.2, 0.25) is 0 Å². The highest BCUT2D eigenvalue weighted by molar-refractivity contribution is 5.36. The normalized spacial score (nSPS) is 12.9. The van der Waals surface area contributed by atoms with E-state index in [2.05, 4.69) is 26.8 Å². The monoisotopic (exact) mass is 208 g/mol. The van der Waals surface area contributed by atoms with Crippen LogP contribution in [0.5, 0.6) is 5.75 Å². The Labute approximate surface area is 91.9 Å². The smallest absolute Gasteiger partial charge is 0.119 e. The van der Waals surface area contributed by atoms with Gasteiger partial charge in [-0.3, -0.25) is 0 Å². The summed E-state index contributed by atoms with van der Waals surface area (Å²) in [5.74, 6) is 1.37. The van der Waals surface area contributed by atoms with Gasteiger partial charge in [-0.05, 0) is 43.0 Å². The number of ether oxygens (including phenoxy) is 1. The van der Waals surface area contributed by atoms with E-state index >= 15 is 0 Å². The van der Waals surface area contributed by atoms with Crippen molar-refractivity contribution in [2.45, 2.75) is 39.7 Å². The molecule has 1 N–H and O–H groups in total. The molecule has 1 atom stereocenters. The molecule has 0 spiro atoms. The lowest BCUT2D eigenvalue weighted by atomic mass is 9.98. The summed E-state index contributed by atoms with van der Waals surface area (Å²) in [6.45, 7) is 8.51. The predicted octanol–water partition coefficient (Wildman–Crippen LogP) is 2.88. The van der Waals surface area contributed by atoms with Crippen LogP contribution < -0.4 is 4.74 Å². The van der Waals surface area contributed by atoms with Crippen LogP contribution in [0.1, 0.15) is 37.8 Å². The molecule has 0 bridgehead atoms. The minimum Gasteiger partial charge on any atom is -0.491 e. The fourth-order valence-corrected chi connectivity index (χ4v) is 1.60. The highest BCUT2D eigenvalue weighted by atomic mass is 16.5. The fraction of sp³-hybridized carbons (Fsp3) is 0.538. The summed E-state index contributed by atoms with van der Waals surface area (Å²) in [5, 5.41) is 9.10. The van der Waals surface area contributed by atoms with Gasteiger partial charge in [0, 0.05) is 0 Å². The summed E-state index contributed by atoms with van der Waals surface area (Å²) >= 11 is 0. The predicted molar refractivity (Wildman–Crippen MR) is 62.4 cm³/mol. The van der Waals surface area contributed by atoms with Gasteiger partial charge in [0.2, 0.25) is 0 Å². The Morgan fingerprint density at radius 1 is 1.27 bits per heavy atom. The van der Waals surface area contributed by atoms with E-state index in [1.54, 1.807) is 6.92 Å². The van der Waals surface area contributed by atoms with Crippen molar-refractivity contribution in [2.24, 2.45) is 0 Å². The molecular weight excluding hydrogens is 188 g/mol. The molecule has 1 rings (SSSR count). The fourth-order valence-electron chi connectivity index (χ4n) is 1.60. The molecule has 0 saturated carbocycles. The maximum atomic E-state index is 9.10. The van der Waals surface area contributed by atoms with Crippen molar-refractivity contribution in [2.75, 3.05) is 6.61 Å². The number of aliphatic hydroxyl groups is 1. The van der Waals surface area contributed by atoms with E-state index in [4.69, 9.17) is 9.84 Å². The van der Waals surface area contributed by atoms with Crippen molar-refractivity contribution >= 4 is 0 Å². The average Bonchev–Trinajstić information content (AvgIpc) is 2.14. The molecule has 0 saturated heterocycles. The molecule has 1 aromatic rings. The van der Waals surface area contributed by atoms with Crippen LogP contribution in [0.3, 0.4) is 0 Å². The van der Waals surface area contributed by atoms with E-state index in [1.165, 1.54) is 11.1 Å². The van der Waals surface area contributed by atoms with E-state index in [-0.39, 0.29) is 0 Å². The molecule has 2 nitrogen and oxygen atoms in total. The second-order valence-electron chi connectivity index (χ2n) is 4.33. The van der Waals surface area contributed by atoms with Gasteiger partial charge in [-0.1, -0.05) is 19.9 Å². The molecule has 0 aromatic heterocycles. The van der Waals surface area contributed by atoms with E-state index in [9.17, 15) is 0 Å². The van der Waals surface area contributed by atoms with E-state index in [0.29, 0.717) is 12.5 Å². The topological polar surface area (TPSA) is 29.5 Å². The van der Waals surface area contributed by atoms with Crippen LogP contribution in [0, 0.1) is 6.92 Å². The summed E-state index contributed by atoms with van der Waals surface area (Å²) in [6, 6.07) is 6.08. The summed E-state index contributed by atoms with van der Waals surface area (Å²) < 4.78 is 5.43. The van der Waals surface area contributed by atoms with Crippen LogP contribution in [0.15, 0.2) is 18.2 Å². The van der Waals surface area contributed by atoms with Crippen molar-refractivity contribution in [3.63, 3.8) is 0 Å². The Hall–Kier alpha value is -1.02. The number of rotatable bonds is 4. The van der Waals surface area contributed by atoms with Crippen molar-refractivity contribution in [3.8, 4) is 5.75 Å². The van der Waals surface area contributed by atoms with Crippen LogP contribution >= 0.6 is 0 Å². The molecule has 0 amide bonds. The minimum atomic E-state index is -0.421. The zero-order chi connectivity index (χ0) is 11.4. The quantitative estimate of drug-likeness (QED) is 0.824. The maximum Gasteiger partial charge on any atom is 0.119 e. The molecule has 0 heterocycles. The standard InChI is InChI=1S/C13H20O2/c1-9(2)13-6-5-12(7-10(13)3)15-8-11(4)14/h5-7,9,11,14H,8H2,1-4H3/t11-/m0/s1. The third-order valence-corrected chi connectivity index (χ3v) is 2.35. The van der Waals surface area contributed by atoms with Gasteiger partial charge in [0.05, 0.1) is 6.10 Å². The summed E-state index contributed by atoms with van der Waals surface area (Å²) in [6.07, 6.45) is -0.421. The zero-order valence-electron chi connectivity index (χ0n) is 9.95. The summed E-state index contributed by atoms with van der Waals surface area (Å²) in [5.41, 5.74) is 2.59. The molecule has 0 fully saturated rings. The molecule has 84 valence electrons. The molecule has 0 aliphatic heterocycles. The molecule has 15 heavy (non-hydrogen) atoms. The first-order valence-corrected chi connectivity index (χ1v) is 5.42. The lowest BCUT2D eigenvalue weighted by Gasteiger charge is -2.13. The molecule has 0 aliphatic rings. The summed E-state index contributed by atoms with van der Waals surface area (Å²) in [4.78, 5) is 0. The maximum absolute atomic E-state index is 9.10. The number of aliphatic hydroxyl groups excluding tert-OH is 1. The molecule has 0 radical (unpaired) electrons. The Balaban J connectivity index is 2.73. The van der Waals surface area contributed by atoms with Crippen molar-refractivity contribution in [1.29, 1.82) is 0 Å². The first kappa shape index (κ1) is 12.1. The molecule has 0 aliphatic carbocycles. The molecule has 1 aromatic carbocycles. The van der Waals surface area contributed by atoms with Gasteiger partial charge < -0.3 is 9.84 Å². The second kappa shape index (κ2) is 5.17. The third kappa shape index (κ3) is 3.56. The SMILES string of the molecule is Cc1cc(OC[C@H](C)O)ccc1C(C)C. The van der Waals surface area contributed by atoms with Gasteiger partial charge in [0.25, 0.3) is 0 Å². The van der Waals surface area contributed by atoms with Gasteiger partial charge in [0.15, 0.2) is 0 Å². The largest absolute Gasteiger partial charge is 0.491 e. The molecule has 0 unspecified atom stereocenters. The Bertz CT molecular complexity index is 316. The van der Waals surface area contributed by atoms with E-state index in [1.807, 2.05) is 12.1 Å². The minimum absolute atomic E-state index is 0.348. The first-order valence-electron chi connectivity index (χ1n) is 5.42. The van der Waals surface area contributed by atoms with Gasteiger partial charge >= 0.3 is 0 Å². The van der Waals surface area contributed by atoms with Gasteiger partial charge in [-0.2, -0.15) is 0 Å². The van der Waals surface area contributed by atoms with Crippen LogP contribution in [-0.4, -0.2) is 17.8 Å². The Kier molecular flexibility index (Phi) is 4.15. The van der Waals surface area contributed by atoms with Crippen molar-refractivity contribution < 1.29 is 9.84 Å². The summed E-state index contributed by atoms with van der Waals surface area (Å²) in [7, 11) is 0. The van der Waals surface area contributed by atoms with Gasteiger partial charge in [0.1, 0.15) is 12.4 Å². The van der Waals surface area contributed by atoms with Gasteiger partial charge in [-0.15, -0.1) is 0 Å². The number of aryl methyl sites for hydroxylation is 1. The van der Waals surface area contributed by atoms with Crippen LogP contribution in [-0.2, 0) is 0 Å². The second-order valence-corrected chi connectivity index (χ2v) is 4.33. The van der Waals surface area contributed by atoms with Crippen molar-refractivity contribution in [1.82, 2.24) is 0 Å². The molecular formula is C13H20O2. The highest BCUT2D eigenvalue weighted by Gasteiger charge is 2.05. The average molecular weight is 208 g/mol. The number of hydrogen-bond donors (Lipinski definition) is 1. The number of benzene rings is 1. The van der Waals surface area contributed by atoms with E-state index in [0.717, 1.165) is 5.75 Å². The van der Waals surface area contributed by atoms with Crippen molar-refractivity contribution in [3.05, 3.63) is 29.3 Å². The molecule has 2 heteroatoms. The first-order chi connectivity index (χ1) is 7.00. The lowest BCUT2D eigenvalue weighted by Crippen LogP contribution is -2.12. The van der Waals surface area contributed by atoms with Crippen LogP contribution in [0.4, 0.5) is 0 Å². The number of hydrogen-bond acceptors (Lipinski definition) is 2. The third-order valence-electron chi connectivity index (χ3n) is 2.35. The van der Waals surface area contributed by atoms with Crippen LogP contribution in [0.25, 0.3) is 0 Å². The highest BCUT2D eigenvalue weighted by Crippen LogP contribution is 2.23. The van der Waals surface area contributed by atoms with E-state index < -0.39 is 6.10 Å². The zero-order valence-corrected chi connectivity index (χ0v) is 9.95. The van der Waals surface area contributed by atoms with Gasteiger partial charge in [-0.25, -0.2) is 0 Å².